The van der Waals surface area contributed by atoms with Crippen molar-refractivity contribution in [3.05, 3.63) is 34.1 Å². The van der Waals surface area contributed by atoms with Crippen molar-refractivity contribution in [2.45, 2.75) is 38.6 Å². The zero-order valence-corrected chi connectivity index (χ0v) is 13.9. The molecule has 1 unspecified atom stereocenters. The minimum absolute atomic E-state index is 0.0593. The van der Waals surface area contributed by atoms with Gasteiger partial charge in [0.2, 0.25) is 5.91 Å². The standard InChI is InChI=1S/C16H19BrFNO3/c1-9(6-10-2-5-14(18)13(17)7-10)15(20)19-12-4-3-11(8-12)16(21)22/h2,5,7,9,11-12H,3-4,6,8H2,1H3,(H,19,20)(H,21,22)/t9?,11-,12+/m1/s1. The SMILES string of the molecule is CC(Cc1ccc(F)c(Br)c1)C(=O)N[C@H]1CC[C@@H](C(=O)O)C1. The number of nitrogens with one attached hydrogen (secondary N) is 1. The number of carboxylic acid groups (broad SMARTS) is 1. The van der Waals surface area contributed by atoms with Crippen LogP contribution >= 0.6 is 15.9 Å². The van der Waals surface area contributed by atoms with Gasteiger partial charge in [-0.1, -0.05) is 13.0 Å². The maximum atomic E-state index is 13.2. The second kappa shape index (κ2) is 7.22. The van der Waals surface area contributed by atoms with E-state index >= 15 is 0 Å². The summed E-state index contributed by atoms with van der Waals surface area (Å²) in [6.07, 6.45) is 2.33. The van der Waals surface area contributed by atoms with Gasteiger partial charge in [-0.2, -0.15) is 0 Å². The molecule has 0 heterocycles. The van der Waals surface area contributed by atoms with E-state index < -0.39 is 5.97 Å². The molecule has 0 aromatic heterocycles. The van der Waals surface area contributed by atoms with Crippen molar-refractivity contribution in [2.75, 3.05) is 0 Å². The van der Waals surface area contributed by atoms with Crippen LogP contribution in [0.15, 0.2) is 22.7 Å². The second-order valence-electron chi connectivity index (χ2n) is 5.91. The van der Waals surface area contributed by atoms with Crippen LogP contribution in [-0.2, 0) is 16.0 Å². The lowest BCUT2D eigenvalue weighted by Gasteiger charge is -2.17. The molecule has 0 bridgehead atoms. The highest BCUT2D eigenvalue weighted by molar-refractivity contribution is 9.10. The fraction of sp³-hybridized carbons (Fsp3) is 0.500. The summed E-state index contributed by atoms with van der Waals surface area (Å²) in [4.78, 5) is 23.1. The van der Waals surface area contributed by atoms with Crippen LogP contribution in [0.5, 0.6) is 0 Å². The third-order valence-electron chi connectivity index (χ3n) is 4.10. The van der Waals surface area contributed by atoms with E-state index in [1.165, 1.54) is 6.07 Å². The molecule has 2 rings (SSSR count). The van der Waals surface area contributed by atoms with Crippen molar-refractivity contribution < 1.29 is 19.1 Å². The van der Waals surface area contributed by atoms with Crippen molar-refractivity contribution in [3.8, 4) is 0 Å². The van der Waals surface area contributed by atoms with Crippen molar-refractivity contribution in [3.63, 3.8) is 0 Å². The Kier molecular flexibility index (Phi) is 5.56. The average Bonchev–Trinajstić information content (AvgIpc) is 2.91. The number of hydrogen-bond acceptors (Lipinski definition) is 2. The molecule has 2 N–H and O–H groups in total. The van der Waals surface area contributed by atoms with Crippen LogP contribution < -0.4 is 5.32 Å². The lowest BCUT2D eigenvalue weighted by Crippen LogP contribution is -2.37. The molecule has 6 heteroatoms. The molecule has 1 amide bonds. The first-order chi connectivity index (χ1) is 10.4. The van der Waals surface area contributed by atoms with Crippen molar-refractivity contribution >= 4 is 27.8 Å². The van der Waals surface area contributed by atoms with Crippen molar-refractivity contribution in [2.24, 2.45) is 11.8 Å². The average molecular weight is 372 g/mol. The quantitative estimate of drug-likeness (QED) is 0.835. The number of rotatable bonds is 5. The normalized spacial score (nSPS) is 22.3. The molecule has 0 spiro atoms. The maximum Gasteiger partial charge on any atom is 0.306 e. The van der Waals surface area contributed by atoms with E-state index in [0.29, 0.717) is 30.2 Å². The van der Waals surface area contributed by atoms with E-state index in [1.807, 2.05) is 6.92 Å². The monoisotopic (exact) mass is 371 g/mol. The molecule has 0 aliphatic heterocycles. The summed E-state index contributed by atoms with van der Waals surface area (Å²) in [7, 11) is 0. The molecule has 1 aromatic carbocycles. The summed E-state index contributed by atoms with van der Waals surface area (Å²) in [5.74, 6) is -1.81. The summed E-state index contributed by atoms with van der Waals surface area (Å²) < 4.78 is 13.6. The molecule has 1 aliphatic rings. The van der Waals surface area contributed by atoms with Crippen LogP contribution in [0.25, 0.3) is 0 Å². The summed E-state index contributed by atoms with van der Waals surface area (Å²) in [5, 5.41) is 11.9. The molecule has 4 nitrogen and oxygen atoms in total. The van der Waals surface area contributed by atoms with Crippen LogP contribution in [0, 0.1) is 17.7 Å². The smallest absolute Gasteiger partial charge is 0.306 e. The number of aliphatic carboxylic acids is 1. The predicted molar refractivity (Wildman–Crippen MR) is 83.9 cm³/mol. The molecule has 1 fully saturated rings. The van der Waals surface area contributed by atoms with E-state index in [9.17, 15) is 14.0 Å². The lowest BCUT2D eigenvalue weighted by atomic mass is 10.00. The summed E-state index contributed by atoms with van der Waals surface area (Å²) in [5.41, 5.74) is 0.880. The second-order valence-corrected chi connectivity index (χ2v) is 6.76. The van der Waals surface area contributed by atoms with Crippen LogP contribution in [-0.4, -0.2) is 23.0 Å². The van der Waals surface area contributed by atoms with Gasteiger partial charge in [0.15, 0.2) is 0 Å². The third kappa shape index (κ3) is 4.29. The van der Waals surface area contributed by atoms with E-state index in [0.717, 1.165) is 5.56 Å². The van der Waals surface area contributed by atoms with E-state index in [1.54, 1.807) is 12.1 Å². The summed E-state index contributed by atoms with van der Waals surface area (Å²) in [6.45, 7) is 1.82. The molecule has 0 radical (unpaired) electrons. The Balaban J connectivity index is 1.87. The highest BCUT2D eigenvalue weighted by Gasteiger charge is 2.31. The topological polar surface area (TPSA) is 66.4 Å². The van der Waals surface area contributed by atoms with Gasteiger partial charge in [0.05, 0.1) is 10.4 Å². The van der Waals surface area contributed by atoms with E-state index in [-0.39, 0.29) is 29.6 Å². The Morgan fingerprint density at radius 3 is 2.77 bits per heavy atom. The Morgan fingerprint density at radius 1 is 1.45 bits per heavy atom. The molecule has 22 heavy (non-hydrogen) atoms. The first-order valence-corrected chi connectivity index (χ1v) is 8.13. The number of halogens is 2. The van der Waals surface area contributed by atoms with Crippen molar-refractivity contribution in [1.82, 2.24) is 5.32 Å². The largest absolute Gasteiger partial charge is 0.481 e. The van der Waals surface area contributed by atoms with Gasteiger partial charge in [-0.3, -0.25) is 9.59 Å². The number of carbonyl (C=O) groups excluding carboxylic acids is 1. The Bertz CT molecular complexity index is 579. The molecule has 1 aliphatic carbocycles. The number of hydrogen-bond donors (Lipinski definition) is 2. The molecule has 1 saturated carbocycles. The fourth-order valence-corrected chi connectivity index (χ4v) is 3.22. The lowest BCUT2D eigenvalue weighted by molar-refractivity contribution is -0.141. The van der Waals surface area contributed by atoms with Crippen LogP contribution in [0.4, 0.5) is 4.39 Å². The maximum absolute atomic E-state index is 13.2. The predicted octanol–water partition coefficient (Wildman–Crippen LogP) is 3.14. The van der Waals surface area contributed by atoms with Gasteiger partial charge in [0.25, 0.3) is 0 Å². The molecular weight excluding hydrogens is 353 g/mol. The molecule has 1 aromatic rings. The number of carboxylic acids is 1. The molecule has 0 saturated heterocycles. The van der Waals surface area contributed by atoms with Gasteiger partial charge in [0.1, 0.15) is 5.82 Å². The first-order valence-electron chi connectivity index (χ1n) is 7.34. The van der Waals surface area contributed by atoms with Gasteiger partial charge in [-0.15, -0.1) is 0 Å². The highest BCUT2D eigenvalue weighted by Crippen LogP contribution is 2.26. The highest BCUT2D eigenvalue weighted by atomic mass is 79.9. The molecule has 120 valence electrons. The van der Waals surface area contributed by atoms with Gasteiger partial charge >= 0.3 is 5.97 Å². The van der Waals surface area contributed by atoms with Gasteiger partial charge < -0.3 is 10.4 Å². The summed E-state index contributed by atoms with van der Waals surface area (Å²) in [6, 6.07) is 4.66. The Morgan fingerprint density at radius 2 is 2.18 bits per heavy atom. The van der Waals surface area contributed by atoms with E-state index in [2.05, 4.69) is 21.2 Å². The van der Waals surface area contributed by atoms with Crippen LogP contribution in [0.1, 0.15) is 31.7 Å². The van der Waals surface area contributed by atoms with Crippen molar-refractivity contribution in [1.29, 1.82) is 0 Å². The number of carbonyl (C=O) groups is 2. The molecule has 3 atom stereocenters. The van der Waals surface area contributed by atoms with Gasteiger partial charge in [-0.05, 0) is 59.3 Å². The summed E-state index contributed by atoms with van der Waals surface area (Å²) >= 11 is 3.13. The number of benzene rings is 1. The number of amides is 1. The Hall–Kier alpha value is -1.43. The minimum atomic E-state index is -0.791. The fourth-order valence-electron chi connectivity index (χ4n) is 2.79. The van der Waals surface area contributed by atoms with E-state index in [4.69, 9.17) is 5.11 Å². The van der Waals surface area contributed by atoms with Crippen LogP contribution in [0.2, 0.25) is 0 Å². The van der Waals surface area contributed by atoms with Gasteiger partial charge in [0, 0.05) is 12.0 Å². The zero-order chi connectivity index (χ0) is 16.3. The van der Waals surface area contributed by atoms with Crippen LogP contribution in [0.3, 0.4) is 0 Å². The minimum Gasteiger partial charge on any atom is -0.481 e. The zero-order valence-electron chi connectivity index (χ0n) is 12.3. The first kappa shape index (κ1) is 16.9. The molecular formula is C16H19BrFNO3. The van der Waals surface area contributed by atoms with Gasteiger partial charge in [-0.25, -0.2) is 4.39 Å². The third-order valence-corrected chi connectivity index (χ3v) is 4.71. The Labute approximate surface area is 137 Å².